The summed E-state index contributed by atoms with van der Waals surface area (Å²) in [5.74, 6) is 0.950. The summed E-state index contributed by atoms with van der Waals surface area (Å²) in [6.45, 7) is 2.42. The third-order valence-corrected chi connectivity index (χ3v) is 3.42. The van der Waals surface area contributed by atoms with Gasteiger partial charge in [0.15, 0.2) is 0 Å². The first kappa shape index (κ1) is 17.3. The van der Waals surface area contributed by atoms with Crippen LogP contribution in [-0.2, 0) is 4.79 Å². The van der Waals surface area contributed by atoms with Gasteiger partial charge >= 0.3 is 0 Å². The number of nitrogens with one attached hydrogen (secondary N) is 1. The van der Waals surface area contributed by atoms with Crippen LogP contribution in [0.1, 0.15) is 18.5 Å². The van der Waals surface area contributed by atoms with E-state index in [9.17, 15) is 4.79 Å². The molecule has 2 atom stereocenters. The number of carbonyl (C=O) groups excluding carboxylic acids is 1. The first-order chi connectivity index (χ1) is 8.15. The monoisotopic (exact) mass is 288 g/mol. The van der Waals surface area contributed by atoms with Crippen LogP contribution in [0.4, 0.5) is 0 Å². The molecule has 1 aromatic carbocycles. The van der Waals surface area contributed by atoms with Gasteiger partial charge in [-0.15, -0.1) is 12.4 Å². The number of carbonyl (C=O) groups is 1. The lowest BCUT2D eigenvalue weighted by molar-refractivity contribution is -0.123. The van der Waals surface area contributed by atoms with E-state index < -0.39 is 0 Å². The Bertz CT molecular complexity index is 348. The van der Waals surface area contributed by atoms with E-state index in [2.05, 4.69) is 5.32 Å². The fourth-order valence-electron chi connectivity index (χ4n) is 1.53. The molecule has 0 fully saturated rings. The second kappa shape index (κ2) is 9.25. The van der Waals surface area contributed by atoms with Gasteiger partial charge in [-0.05, 0) is 11.8 Å². The molecule has 3 nitrogen and oxygen atoms in total. The fourth-order valence-corrected chi connectivity index (χ4v) is 2.18. The molecule has 0 aromatic heterocycles. The van der Waals surface area contributed by atoms with Crippen LogP contribution in [-0.4, -0.2) is 24.5 Å². The van der Waals surface area contributed by atoms with Crippen molar-refractivity contribution in [3.05, 3.63) is 35.9 Å². The molecule has 18 heavy (non-hydrogen) atoms. The van der Waals surface area contributed by atoms with Crippen molar-refractivity contribution in [1.82, 2.24) is 5.32 Å². The van der Waals surface area contributed by atoms with E-state index in [1.165, 1.54) is 0 Å². The highest BCUT2D eigenvalue weighted by atomic mass is 35.5. The topological polar surface area (TPSA) is 55.1 Å². The summed E-state index contributed by atoms with van der Waals surface area (Å²) in [6.07, 6.45) is 2.00. The summed E-state index contributed by atoms with van der Waals surface area (Å²) in [5, 5.41) is 2.89. The standard InChI is InChI=1S/C13H20N2OS.ClH/c1-10(9-17-2)13(16)15-8-12(14)11-6-4-3-5-7-11;/h3-7,10,12H,8-9,14H2,1-2H3,(H,15,16);1H. The van der Waals surface area contributed by atoms with Gasteiger partial charge in [-0.3, -0.25) is 4.79 Å². The number of thioether (sulfide) groups is 1. The van der Waals surface area contributed by atoms with Gasteiger partial charge in [0.2, 0.25) is 5.91 Å². The molecule has 1 amide bonds. The smallest absolute Gasteiger partial charge is 0.223 e. The SMILES string of the molecule is CSCC(C)C(=O)NCC(N)c1ccccc1.Cl. The molecular formula is C13H21ClN2OS. The van der Waals surface area contributed by atoms with Gasteiger partial charge in [0, 0.05) is 24.3 Å². The highest BCUT2D eigenvalue weighted by Gasteiger charge is 2.13. The highest BCUT2D eigenvalue weighted by molar-refractivity contribution is 7.98. The fraction of sp³-hybridized carbons (Fsp3) is 0.462. The van der Waals surface area contributed by atoms with Crippen LogP contribution in [0.15, 0.2) is 30.3 Å². The molecule has 5 heteroatoms. The highest BCUT2D eigenvalue weighted by Crippen LogP contribution is 2.09. The molecule has 0 aliphatic rings. The van der Waals surface area contributed by atoms with Crippen LogP contribution < -0.4 is 11.1 Å². The Hall–Kier alpha value is -0.710. The summed E-state index contributed by atoms with van der Waals surface area (Å²) >= 11 is 1.68. The van der Waals surface area contributed by atoms with Crippen molar-refractivity contribution in [3.8, 4) is 0 Å². The van der Waals surface area contributed by atoms with Crippen molar-refractivity contribution in [2.75, 3.05) is 18.6 Å². The average Bonchev–Trinajstić information content (AvgIpc) is 2.36. The Morgan fingerprint density at radius 2 is 2.00 bits per heavy atom. The van der Waals surface area contributed by atoms with E-state index in [1.807, 2.05) is 43.5 Å². The zero-order valence-corrected chi connectivity index (χ0v) is 12.4. The second-order valence-corrected chi connectivity index (χ2v) is 5.03. The number of hydrogen-bond acceptors (Lipinski definition) is 3. The Labute approximate surface area is 119 Å². The van der Waals surface area contributed by atoms with Crippen molar-refractivity contribution in [1.29, 1.82) is 0 Å². The van der Waals surface area contributed by atoms with Crippen LogP contribution in [0.3, 0.4) is 0 Å². The molecule has 0 aliphatic carbocycles. The van der Waals surface area contributed by atoms with Crippen molar-refractivity contribution < 1.29 is 4.79 Å². The molecule has 2 unspecified atom stereocenters. The lowest BCUT2D eigenvalue weighted by Crippen LogP contribution is -2.35. The van der Waals surface area contributed by atoms with Crippen molar-refractivity contribution >= 4 is 30.1 Å². The molecule has 102 valence electrons. The largest absolute Gasteiger partial charge is 0.354 e. The molecule has 1 rings (SSSR count). The first-order valence-electron chi connectivity index (χ1n) is 5.72. The molecule has 0 saturated heterocycles. The van der Waals surface area contributed by atoms with Crippen LogP contribution in [0.5, 0.6) is 0 Å². The van der Waals surface area contributed by atoms with Crippen LogP contribution in [0, 0.1) is 5.92 Å². The van der Waals surface area contributed by atoms with Crippen LogP contribution in [0.2, 0.25) is 0 Å². The maximum Gasteiger partial charge on any atom is 0.223 e. The molecule has 0 saturated carbocycles. The summed E-state index contributed by atoms with van der Waals surface area (Å²) in [6, 6.07) is 9.67. The molecule has 3 N–H and O–H groups in total. The number of amides is 1. The average molecular weight is 289 g/mol. The van der Waals surface area contributed by atoms with Gasteiger partial charge in [-0.25, -0.2) is 0 Å². The van der Waals surface area contributed by atoms with E-state index in [4.69, 9.17) is 5.73 Å². The lowest BCUT2D eigenvalue weighted by atomic mass is 10.1. The van der Waals surface area contributed by atoms with Crippen LogP contribution >= 0.6 is 24.2 Å². The Kier molecular flexibility index (Phi) is 8.89. The predicted molar refractivity (Wildman–Crippen MR) is 81.2 cm³/mol. The molecule has 0 bridgehead atoms. The van der Waals surface area contributed by atoms with Crippen LogP contribution in [0.25, 0.3) is 0 Å². The van der Waals surface area contributed by atoms with Gasteiger partial charge in [0.1, 0.15) is 0 Å². The molecule has 0 aliphatic heterocycles. The Balaban J connectivity index is 0.00000289. The summed E-state index contributed by atoms with van der Waals surface area (Å²) in [4.78, 5) is 11.7. The zero-order chi connectivity index (χ0) is 12.7. The summed E-state index contributed by atoms with van der Waals surface area (Å²) in [7, 11) is 0. The van der Waals surface area contributed by atoms with Gasteiger partial charge in [0.05, 0.1) is 0 Å². The Morgan fingerprint density at radius 1 is 1.39 bits per heavy atom. The molecule has 0 spiro atoms. The predicted octanol–water partition coefficient (Wildman–Crippen LogP) is 2.22. The number of halogens is 1. The summed E-state index contributed by atoms with van der Waals surface area (Å²) in [5.41, 5.74) is 7.04. The normalized spacial score (nSPS) is 13.3. The maximum absolute atomic E-state index is 11.7. The summed E-state index contributed by atoms with van der Waals surface area (Å²) < 4.78 is 0. The van der Waals surface area contributed by atoms with E-state index in [-0.39, 0.29) is 30.3 Å². The minimum absolute atomic E-state index is 0. The quantitative estimate of drug-likeness (QED) is 0.844. The first-order valence-corrected chi connectivity index (χ1v) is 7.11. The molecular weight excluding hydrogens is 268 g/mol. The van der Waals surface area contributed by atoms with Gasteiger partial charge in [-0.1, -0.05) is 37.3 Å². The van der Waals surface area contributed by atoms with E-state index in [0.29, 0.717) is 6.54 Å². The minimum Gasteiger partial charge on any atom is -0.354 e. The maximum atomic E-state index is 11.7. The molecule has 1 aromatic rings. The molecule has 0 radical (unpaired) electrons. The minimum atomic E-state index is -0.137. The molecule has 0 heterocycles. The van der Waals surface area contributed by atoms with E-state index in [0.717, 1.165) is 11.3 Å². The number of benzene rings is 1. The second-order valence-electron chi connectivity index (χ2n) is 4.12. The van der Waals surface area contributed by atoms with Gasteiger partial charge < -0.3 is 11.1 Å². The van der Waals surface area contributed by atoms with E-state index in [1.54, 1.807) is 11.8 Å². The number of rotatable bonds is 6. The van der Waals surface area contributed by atoms with Crippen molar-refractivity contribution in [2.45, 2.75) is 13.0 Å². The number of hydrogen-bond donors (Lipinski definition) is 2. The third-order valence-electron chi connectivity index (χ3n) is 2.59. The third kappa shape index (κ3) is 5.76. The van der Waals surface area contributed by atoms with Gasteiger partial charge in [-0.2, -0.15) is 11.8 Å². The number of nitrogens with two attached hydrogens (primary N) is 1. The Morgan fingerprint density at radius 3 is 2.56 bits per heavy atom. The lowest BCUT2D eigenvalue weighted by Gasteiger charge is -2.15. The van der Waals surface area contributed by atoms with E-state index >= 15 is 0 Å². The van der Waals surface area contributed by atoms with Crippen molar-refractivity contribution in [2.24, 2.45) is 11.7 Å². The van der Waals surface area contributed by atoms with Gasteiger partial charge in [0.25, 0.3) is 0 Å². The zero-order valence-electron chi connectivity index (χ0n) is 10.8. The van der Waals surface area contributed by atoms with Crippen molar-refractivity contribution in [3.63, 3.8) is 0 Å².